The van der Waals surface area contributed by atoms with Crippen molar-refractivity contribution in [3.05, 3.63) is 54.5 Å². The van der Waals surface area contributed by atoms with Gasteiger partial charge in [0.15, 0.2) is 0 Å². The quantitative estimate of drug-likeness (QED) is 0.537. The molecule has 0 N–H and O–H groups in total. The van der Waals surface area contributed by atoms with E-state index in [4.69, 9.17) is 9.15 Å². The molecule has 0 amide bonds. The molecule has 0 aliphatic rings. The van der Waals surface area contributed by atoms with E-state index in [0.717, 1.165) is 0 Å². The second-order valence-electron chi connectivity index (χ2n) is 2.71. The zero-order valence-electron chi connectivity index (χ0n) is 7.34. The van der Waals surface area contributed by atoms with Gasteiger partial charge in [0, 0.05) is 0 Å². The van der Waals surface area contributed by atoms with Crippen molar-refractivity contribution in [2.24, 2.45) is 0 Å². The van der Waals surface area contributed by atoms with E-state index in [1.54, 1.807) is 30.3 Å². The average Bonchev–Trinajstić information content (AvgIpc) is 2.72. The zero-order chi connectivity index (χ0) is 9.80. The summed E-state index contributed by atoms with van der Waals surface area (Å²) in [4.78, 5) is 11.4. The van der Waals surface area contributed by atoms with E-state index in [0.29, 0.717) is 11.3 Å². The van der Waals surface area contributed by atoms with Crippen LogP contribution >= 0.6 is 0 Å². The van der Waals surface area contributed by atoms with Crippen LogP contribution in [0.4, 0.5) is 0 Å². The summed E-state index contributed by atoms with van der Waals surface area (Å²) in [6, 6.07) is 10.5. The van der Waals surface area contributed by atoms with E-state index in [-0.39, 0.29) is 0 Å². The molecule has 2 aromatic rings. The highest BCUT2D eigenvalue weighted by Gasteiger charge is 2.08. The van der Waals surface area contributed by atoms with Crippen LogP contribution in [0.3, 0.4) is 0 Å². The van der Waals surface area contributed by atoms with Crippen LogP contribution in [0.25, 0.3) is 0 Å². The third kappa shape index (κ3) is 1.82. The normalized spacial score (nSPS) is 9.71. The average molecular weight is 188 g/mol. The second kappa shape index (κ2) is 3.79. The first-order valence-corrected chi connectivity index (χ1v) is 4.16. The van der Waals surface area contributed by atoms with Crippen LogP contribution in [-0.2, 0) is 0 Å². The van der Waals surface area contributed by atoms with Crippen LogP contribution in [0.5, 0.6) is 5.75 Å². The number of benzene rings is 1. The van der Waals surface area contributed by atoms with Crippen LogP contribution in [0.2, 0.25) is 0 Å². The molecule has 0 fully saturated rings. The highest BCUT2D eigenvalue weighted by atomic mass is 16.5. The van der Waals surface area contributed by atoms with Crippen LogP contribution in [-0.4, -0.2) is 5.97 Å². The van der Waals surface area contributed by atoms with Crippen molar-refractivity contribution in [3.8, 4) is 5.75 Å². The summed E-state index contributed by atoms with van der Waals surface area (Å²) in [5.74, 6) is 0.114. The summed E-state index contributed by atoms with van der Waals surface area (Å²) in [5, 5.41) is 0. The van der Waals surface area contributed by atoms with Crippen molar-refractivity contribution in [2.75, 3.05) is 0 Å². The number of esters is 1. The molecule has 0 aliphatic heterocycles. The van der Waals surface area contributed by atoms with Gasteiger partial charge in [-0.3, -0.25) is 0 Å². The number of hydrogen-bond acceptors (Lipinski definition) is 3. The fourth-order valence-corrected chi connectivity index (χ4v) is 1.04. The first-order valence-electron chi connectivity index (χ1n) is 4.16. The summed E-state index contributed by atoms with van der Waals surface area (Å²) >= 11 is 0. The Balaban J connectivity index is 2.10. The Bertz CT molecular complexity index is 403. The van der Waals surface area contributed by atoms with Crippen molar-refractivity contribution in [2.45, 2.75) is 0 Å². The lowest BCUT2D eigenvalue weighted by atomic mass is 10.3. The van der Waals surface area contributed by atoms with Gasteiger partial charge in [0.05, 0.1) is 11.8 Å². The number of carbonyl (C=O) groups excluding carboxylic acids is 1. The van der Waals surface area contributed by atoms with E-state index in [1.807, 2.05) is 6.07 Å². The molecule has 0 aliphatic carbocycles. The molecule has 0 spiro atoms. The maximum absolute atomic E-state index is 11.4. The fraction of sp³-hybridized carbons (Fsp3) is 0. The van der Waals surface area contributed by atoms with Gasteiger partial charge in [-0.15, -0.1) is 0 Å². The first-order chi connectivity index (χ1) is 6.86. The van der Waals surface area contributed by atoms with E-state index in [9.17, 15) is 4.79 Å². The van der Waals surface area contributed by atoms with Gasteiger partial charge in [-0.1, -0.05) is 18.2 Å². The number of hydrogen-bond donors (Lipinski definition) is 0. The molecule has 70 valence electrons. The van der Waals surface area contributed by atoms with Gasteiger partial charge < -0.3 is 9.15 Å². The molecule has 14 heavy (non-hydrogen) atoms. The molecule has 2 rings (SSSR count). The molecule has 1 heterocycles. The van der Waals surface area contributed by atoms with Gasteiger partial charge in [-0.2, -0.15) is 0 Å². The summed E-state index contributed by atoms with van der Waals surface area (Å²) in [7, 11) is 0. The number of rotatable bonds is 2. The molecule has 3 heteroatoms. The van der Waals surface area contributed by atoms with Gasteiger partial charge in [0.25, 0.3) is 0 Å². The minimum absolute atomic E-state index is 0.411. The molecule has 0 saturated heterocycles. The lowest BCUT2D eigenvalue weighted by Crippen LogP contribution is -2.06. The van der Waals surface area contributed by atoms with Gasteiger partial charge in [0.2, 0.25) is 0 Å². The topological polar surface area (TPSA) is 39.4 Å². The van der Waals surface area contributed by atoms with Gasteiger partial charge in [-0.25, -0.2) is 4.79 Å². The molecule has 1 aromatic heterocycles. The van der Waals surface area contributed by atoms with Crippen molar-refractivity contribution in [1.82, 2.24) is 0 Å². The zero-order valence-corrected chi connectivity index (χ0v) is 7.34. The monoisotopic (exact) mass is 188 g/mol. The molecular formula is C11H8O3. The molecule has 3 nitrogen and oxygen atoms in total. The number of ether oxygens (including phenoxy) is 1. The molecule has 1 aromatic carbocycles. The molecule has 0 atom stereocenters. The van der Waals surface area contributed by atoms with Gasteiger partial charge in [-0.05, 0) is 18.2 Å². The number of carbonyl (C=O) groups is 1. The van der Waals surface area contributed by atoms with Crippen LogP contribution < -0.4 is 4.74 Å². The Kier molecular flexibility index (Phi) is 2.32. The predicted molar refractivity (Wildman–Crippen MR) is 50.1 cm³/mol. The minimum Gasteiger partial charge on any atom is -0.472 e. The molecule has 0 radical (unpaired) electrons. The minimum atomic E-state index is -0.412. The predicted octanol–water partition coefficient (Wildman–Crippen LogP) is 2.50. The van der Waals surface area contributed by atoms with Crippen LogP contribution in [0.1, 0.15) is 10.4 Å². The molecule has 0 bridgehead atoms. The number of para-hydroxylation sites is 1. The first kappa shape index (κ1) is 8.56. The third-order valence-electron chi connectivity index (χ3n) is 1.71. The fourth-order valence-electron chi connectivity index (χ4n) is 1.04. The van der Waals surface area contributed by atoms with Crippen molar-refractivity contribution < 1.29 is 13.9 Å². The standard InChI is InChI=1S/C11H8O3/c12-11(9-6-7-13-8-9)14-10-4-2-1-3-5-10/h1-8H. The SMILES string of the molecule is O=C(Oc1ccccc1)c1ccoc1. The van der Waals surface area contributed by atoms with Gasteiger partial charge in [0.1, 0.15) is 12.0 Å². The largest absolute Gasteiger partial charge is 0.472 e. The molecular weight excluding hydrogens is 180 g/mol. The maximum Gasteiger partial charge on any atom is 0.346 e. The Hall–Kier alpha value is -2.03. The van der Waals surface area contributed by atoms with Gasteiger partial charge >= 0.3 is 5.97 Å². The third-order valence-corrected chi connectivity index (χ3v) is 1.71. The maximum atomic E-state index is 11.4. The Labute approximate surface area is 80.9 Å². The summed E-state index contributed by atoms with van der Waals surface area (Å²) in [6.07, 6.45) is 2.78. The Morgan fingerprint density at radius 2 is 1.93 bits per heavy atom. The van der Waals surface area contributed by atoms with E-state index in [1.165, 1.54) is 12.5 Å². The van der Waals surface area contributed by atoms with Crippen molar-refractivity contribution in [1.29, 1.82) is 0 Å². The summed E-state index contributed by atoms with van der Waals surface area (Å²) < 4.78 is 9.83. The van der Waals surface area contributed by atoms with Crippen molar-refractivity contribution in [3.63, 3.8) is 0 Å². The second-order valence-corrected chi connectivity index (χ2v) is 2.71. The summed E-state index contributed by atoms with van der Waals surface area (Å²) in [6.45, 7) is 0. The van der Waals surface area contributed by atoms with Crippen LogP contribution in [0, 0.1) is 0 Å². The lowest BCUT2D eigenvalue weighted by Gasteiger charge is -2.00. The van der Waals surface area contributed by atoms with E-state index in [2.05, 4.69) is 0 Å². The molecule has 0 saturated carbocycles. The number of furan rings is 1. The van der Waals surface area contributed by atoms with Crippen LogP contribution in [0.15, 0.2) is 53.3 Å². The Morgan fingerprint density at radius 3 is 2.57 bits per heavy atom. The summed E-state index contributed by atoms with van der Waals surface area (Å²) in [5.41, 5.74) is 0.411. The van der Waals surface area contributed by atoms with E-state index < -0.39 is 5.97 Å². The lowest BCUT2D eigenvalue weighted by molar-refractivity contribution is 0.0734. The Morgan fingerprint density at radius 1 is 1.14 bits per heavy atom. The molecule has 0 unspecified atom stereocenters. The highest BCUT2D eigenvalue weighted by Crippen LogP contribution is 2.11. The smallest absolute Gasteiger partial charge is 0.346 e. The highest BCUT2D eigenvalue weighted by molar-refractivity contribution is 5.90. The van der Waals surface area contributed by atoms with Crippen molar-refractivity contribution >= 4 is 5.97 Å². The van der Waals surface area contributed by atoms with E-state index >= 15 is 0 Å².